The Morgan fingerprint density at radius 3 is 2.10 bits per heavy atom. The minimum Gasteiger partial charge on any atom is -0.458 e. The van der Waals surface area contributed by atoms with Crippen LogP contribution in [0.25, 0.3) is 0 Å². The van der Waals surface area contributed by atoms with Crippen LogP contribution in [0.5, 0.6) is 0 Å². The average Bonchev–Trinajstić information content (AvgIpc) is 2.72. The van der Waals surface area contributed by atoms with Crippen molar-refractivity contribution < 1.29 is 19.4 Å². The maximum atomic E-state index is 13.2. The molecule has 1 amide bonds. The van der Waals surface area contributed by atoms with Gasteiger partial charge < -0.3 is 20.1 Å². The molecule has 0 aliphatic carbocycles. The van der Waals surface area contributed by atoms with Crippen LogP contribution < -0.4 is 5.32 Å². The van der Waals surface area contributed by atoms with Crippen LogP contribution in [0.1, 0.15) is 38.3 Å². The smallest absolute Gasteiger partial charge is 0.335 e. The van der Waals surface area contributed by atoms with E-state index in [1.807, 2.05) is 60.7 Å². The second-order valence-corrected chi connectivity index (χ2v) is 8.71. The highest BCUT2D eigenvalue weighted by Gasteiger charge is 2.25. The van der Waals surface area contributed by atoms with Gasteiger partial charge in [0.25, 0.3) is 0 Å². The first-order valence-corrected chi connectivity index (χ1v) is 10.6. The molecule has 0 aliphatic heterocycles. The van der Waals surface area contributed by atoms with E-state index < -0.39 is 23.7 Å². The van der Waals surface area contributed by atoms with E-state index in [1.54, 1.807) is 32.7 Å². The number of amides is 1. The summed E-state index contributed by atoms with van der Waals surface area (Å²) in [7, 11) is 1.78. The molecule has 168 valence electrons. The average molecular weight is 427 g/mol. The number of carbonyl (C=O) groups is 2. The highest BCUT2D eigenvalue weighted by Crippen LogP contribution is 2.11. The zero-order chi connectivity index (χ0) is 22.9. The summed E-state index contributed by atoms with van der Waals surface area (Å²) in [5, 5.41) is 13.3. The highest BCUT2D eigenvalue weighted by molar-refractivity contribution is 5.82. The molecule has 1 unspecified atom stereocenters. The summed E-state index contributed by atoms with van der Waals surface area (Å²) in [5.74, 6) is -0.694. The van der Waals surface area contributed by atoms with Gasteiger partial charge in [0.1, 0.15) is 5.60 Å². The molecule has 0 fully saturated rings. The largest absolute Gasteiger partial charge is 0.458 e. The fourth-order valence-corrected chi connectivity index (χ4v) is 3.18. The van der Waals surface area contributed by atoms with Crippen molar-refractivity contribution in [1.29, 1.82) is 0 Å². The van der Waals surface area contributed by atoms with Crippen LogP contribution >= 0.6 is 0 Å². The zero-order valence-corrected chi connectivity index (χ0v) is 18.9. The Labute approximate surface area is 185 Å². The molecule has 6 heteroatoms. The lowest BCUT2D eigenvalue weighted by Gasteiger charge is -2.26. The number of benzene rings is 2. The summed E-state index contributed by atoms with van der Waals surface area (Å²) >= 11 is 0. The molecule has 2 aromatic carbocycles. The molecule has 31 heavy (non-hydrogen) atoms. The third-order valence-electron chi connectivity index (χ3n) is 4.71. The van der Waals surface area contributed by atoms with Crippen LogP contribution in [0.4, 0.5) is 0 Å². The van der Waals surface area contributed by atoms with Crippen LogP contribution in [0, 0.1) is 0 Å². The summed E-state index contributed by atoms with van der Waals surface area (Å²) in [5.41, 5.74) is 1.43. The highest BCUT2D eigenvalue weighted by atomic mass is 16.6. The van der Waals surface area contributed by atoms with Crippen molar-refractivity contribution in [2.24, 2.45) is 0 Å². The van der Waals surface area contributed by atoms with Crippen LogP contribution in [0.15, 0.2) is 60.7 Å². The Kier molecular flexibility index (Phi) is 9.21. The van der Waals surface area contributed by atoms with E-state index >= 15 is 0 Å². The molecule has 2 rings (SSSR count). The maximum absolute atomic E-state index is 13.2. The molecule has 2 aromatic rings. The van der Waals surface area contributed by atoms with E-state index in [0.29, 0.717) is 19.5 Å². The predicted molar refractivity (Wildman–Crippen MR) is 121 cm³/mol. The molecule has 0 radical (unpaired) electrons. The van der Waals surface area contributed by atoms with Gasteiger partial charge in [0.15, 0.2) is 6.10 Å². The standard InChI is InChI=1S/C25H34N2O4/c1-25(2,3)31-24(30)22(28)15-16-26-21(17-19-11-7-5-8-12-19)23(29)27(4)18-20-13-9-6-10-14-20/h5-14,21-22,26,28H,15-18H2,1-4H3/t21-,22?/m0/s1. The van der Waals surface area contributed by atoms with Crippen molar-refractivity contribution in [2.75, 3.05) is 13.6 Å². The van der Waals surface area contributed by atoms with Crippen LogP contribution in [-0.2, 0) is 27.3 Å². The van der Waals surface area contributed by atoms with E-state index in [2.05, 4.69) is 5.32 Å². The van der Waals surface area contributed by atoms with Gasteiger partial charge in [-0.15, -0.1) is 0 Å². The monoisotopic (exact) mass is 426 g/mol. The van der Waals surface area contributed by atoms with Crippen molar-refractivity contribution in [3.05, 3.63) is 71.8 Å². The number of esters is 1. The van der Waals surface area contributed by atoms with Gasteiger partial charge in [-0.05, 0) is 51.3 Å². The Balaban J connectivity index is 1.99. The SMILES string of the molecule is CN(Cc1ccccc1)C(=O)[C@H](Cc1ccccc1)NCCC(O)C(=O)OC(C)(C)C. The molecule has 2 atom stereocenters. The lowest BCUT2D eigenvalue weighted by molar-refractivity contribution is -0.165. The summed E-state index contributed by atoms with van der Waals surface area (Å²) in [6.07, 6.45) is -0.557. The number of aliphatic hydroxyl groups excluding tert-OH is 1. The van der Waals surface area contributed by atoms with Crippen LogP contribution in [-0.4, -0.2) is 53.2 Å². The first-order chi connectivity index (χ1) is 14.7. The third kappa shape index (κ3) is 8.90. The van der Waals surface area contributed by atoms with Gasteiger partial charge in [0.2, 0.25) is 5.91 Å². The first-order valence-electron chi connectivity index (χ1n) is 10.6. The van der Waals surface area contributed by atoms with Crippen molar-refractivity contribution in [1.82, 2.24) is 10.2 Å². The number of ether oxygens (including phenoxy) is 1. The molecular weight excluding hydrogens is 392 g/mol. The molecule has 0 saturated carbocycles. The lowest BCUT2D eigenvalue weighted by atomic mass is 10.0. The second kappa shape index (κ2) is 11.6. The Morgan fingerprint density at radius 2 is 1.55 bits per heavy atom. The molecule has 0 heterocycles. The summed E-state index contributed by atoms with van der Waals surface area (Å²) in [6.45, 7) is 6.09. The number of carbonyl (C=O) groups excluding carboxylic acids is 2. The van der Waals surface area contributed by atoms with Crippen LogP contribution in [0.3, 0.4) is 0 Å². The van der Waals surface area contributed by atoms with E-state index in [0.717, 1.165) is 11.1 Å². The van der Waals surface area contributed by atoms with Gasteiger partial charge >= 0.3 is 5.97 Å². The van der Waals surface area contributed by atoms with Gasteiger partial charge in [-0.3, -0.25) is 4.79 Å². The third-order valence-corrected chi connectivity index (χ3v) is 4.71. The molecule has 0 saturated heterocycles. The number of nitrogens with zero attached hydrogens (tertiary/aromatic N) is 1. The molecule has 0 spiro atoms. The molecule has 0 bridgehead atoms. The molecule has 2 N–H and O–H groups in total. The normalized spacial score (nSPS) is 13.3. The van der Waals surface area contributed by atoms with E-state index in [1.165, 1.54) is 0 Å². The second-order valence-electron chi connectivity index (χ2n) is 8.71. The fourth-order valence-electron chi connectivity index (χ4n) is 3.18. The van der Waals surface area contributed by atoms with Gasteiger partial charge in [-0.2, -0.15) is 0 Å². The van der Waals surface area contributed by atoms with Gasteiger partial charge in [0.05, 0.1) is 6.04 Å². The molecule has 6 nitrogen and oxygen atoms in total. The number of likely N-dealkylation sites (N-methyl/N-ethyl adjacent to an activating group) is 1. The molecule has 0 aromatic heterocycles. The van der Waals surface area contributed by atoms with E-state index in [4.69, 9.17) is 4.74 Å². The van der Waals surface area contributed by atoms with Crippen molar-refractivity contribution in [2.45, 2.75) is 57.9 Å². The fraction of sp³-hybridized carbons (Fsp3) is 0.440. The van der Waals surface area contributed by atoms with E-state index in [-0.39, 0.29) is 12.3 Å². The first kappa shape index (κ1) is 24.6. The van der Waals surface area contributed by atoms with Crippen molar-refractivity contribution in [3.8, 4) is 0 Å². The van der Waals surface area contributed by atoms with E-state index in [9.17, 15) is 14.7 Å². The number of hydrogen-bond donors (Lipinski definition) is 2. The topological polar surface area (TPSA) is 78.9 Å². The summed E-state index contributed by atoms with van der Waals surface area (Å²) in [4.78, 5) is 26.8. The zero-order valence-electron chi connectivity index (χ0n) is 18.9. The Bertz CT molecular complexity index is 818. The maximum Gasteiger partial charge on any atom is 0.335 e. The Hall–Kier alpha value is -2.70. The summed E-state index contributed by atoms with van der Waals surface area (Å²) < 4.78 is 5.21. The molecular formula is C25H34N2O4. The minimum absolute atomic E-state index is 0.0422. The molecule has 0 aliphatic rings. The predicted octanol–water partition coefficient (Wildman–Crippen LogP) is 2.94. The number of hydrogen-bond acceptors (Lipinski definition) is 5. The van der Waals surface area contributed by atoms with Crippen molar-refractivity contribution in [3.63, 3.8) is 0 Å². The lowest BCUT2D eigenvalue weighted by Crippen LogP contribution is -2.47. The van der Waals surface area contributed by atoms with Gasteiger partial charge in [-0.25, -0.2) is 4.79 Å². The van der Waals surface area contributed by atoms with Gasteiger partial charge in [-0.1, -0.05) is 60.7 Å². The number of nitrogens with one attached hydrogen (secondary N) is 1. The number of rotatable bonds is 10. The quantitative estimate of drug-likeness (QED) is 0.571. The minimum atomic E-state index is -1.23. The van der Waals surface area contributed by atoms with Crippen LogP contribution in [0.2, 0.25) is 0 Å². The van der Waals surface area contributed by atoms with Gasteiger partial charge in [0, 0.05) is 13.6 Å². The van der Waals surface area contributed by atoms with Crippen molar-refractivity contribution >= 4 is 11.9 Å². The summed E-state index contributed by atoms with van der Waals surface area (Å²) in [6, 6.07) is 19.1. The number of aliphatic hydroxyl groups is 1. The Morgan fingerprint density at radius 1 is 1.00 bits per heavy atom.